The van der Waals surface area contributed by atoms with Gasteiger partial charge in [-0.15, -0.1) is 5.10 Å². The van der Waals surface area contributed by atoms with Crippen molar-refractivity contribution in [2.45, 2.75) is 13.3 Å². The maximum Gasteiger partial charge on any atom is 0.290 e. The fraction of sp³-hybridized carbons (Fsp3) is 0.250. The quantitative estimate of drug-likeness (QED) is 0.580. The third-order valence-electron chi connectivity index (χ3n) is 4.12. The van der Waals surface area contributed by atoms with Crippen molar-refractivity contribution in [2.24, 2.45) is 0 Å². The van der Waals surface area contributed by atoms with Crippen LogP contribution < -0.4 is 5.32 Å². The number of halogens is 2. The van der Waals surface area contributed by atoms with Crippen LogP contribution in [0.1, 0.15) is 22.6 Å². The lowest BCUT2D eigenvalue weighted by Gasteiger charge is -2.07. The van der Waals surface area contributed by atoms with Gasteiger partial charge >= 0.3 is 0 Å². The molecular weight excluding hydrogens is 399 g/mol. The van der Waals surface area contributed by atoms with Crippen LogP contribution in [0.4, 0.5) is 0 Å². The van der Waals surface area contributed by atoms with E-state index in [4.69, 9.17) is 27.9 Å². The van der Waals surface area contributed by atoms with Crippen molar-refractivity contribution < 1.29 is 9.53 Å². The molecule has 1 aromatic heterocycles. The van der Waals surface area contributed by atoms with Crippen LogP contribution in [0, 0.1) is 6.92 Å². The topological polar surface area (TPSA) is 69.0 Å². The molecule has 1 heterocycles. The summed E-state index contributed by atoms with van der Waals surface area (Å²) >= 11 is 12.3. The number of nitrogens with one attached hydrogen (secondary N) is 1. The number of ether oxygens (including phenoxy) is 1. The van der Waals surface area contributed by atoms with Crippen LogP contribution in [-0.4, -0.2) is 40.9 Å². The van der Waals surface area contributed by atoms with Gasteiger partial charge in [-0.1, -0.05) is 29.3 Å². The number of methoxy groups -OCH3 is 1. The average molecular weight is 419 g/mol. The van der Waals surface area contributed by atoms with Gasteiger partial charge in [-0.05, 0) is 55.3 Å². The highest BCUT2D eigenvalue weighted by Crippen LogP contribution is 2.25. The molecule has 8 heteroatoms. The molecular formula is C20H20Cl2N4O2. The molecule has 2 aromatic carbocycles. The summed E-state index contributed by atoms with van der Waals surface area (Å²) in [5.41, 5.74) is 2.45. The molecule has 0 bridgehead atoms. The van der Waals surface area contributed by atoms with E-state index in [1.54, 1.807) is 30.0 Å². The monoisotopic (exact) mass is 418 g/mol. The first-order valence-corrected chi connectivity index (χ1v) is 9.52. The zero-order valence-corrected chi connectivity index (χ0v) is 17.1. The number of nitrogens with zero attached hydrogens (tertiary/aromatic N) is 3. The Hall–Kier alpha value is -2.41. The van der Waals surface area contributed by atoms with Gasteiger partial charge in [-0.2, -0.15) is 0 Å². The van der Waals surface area contributed by atoms with Crippen LogP contribution in [0.5, 0.6) is 0 Å². The molecule has 3 aromatic rings. The Labute approximate surface area is 173 Å². The number of benzene rings is 2. The normalized spacial score (nSPS) is 10.9. The number of carbonyl (C=O) groups excluding carboxylic acids is 1. The fourth-order valence-electron chi connectivity index (χ4n) is 2.59. The maximum absolute atomic E-state index is 12.5. The number of aromatic nitrogens is 3. The summed E-state index contributed by atoms with van der Waals surface area (Å²) in [6.45, 7) is 2.97. The van der Waals surface area contributed by atoms with Crippen LogP contribution in [0.15, 0.2) is 42.5 Å². The molecule has 0 spiro atoms. The molecule has 6 nitrogen and oxygen atoms in total. The van der Waals surface area contributed by atoms with E-state index in [-0.39, 0.29) is 11.7 Å². The minimum atomic E-state index is -0.344. The van der Waals surface area contributed by atoms with Crippen molar-refractivity contribution in [1.82, 2.24) is 20.1 Å². The zero-order chi connectivity index (χ0) is 20.1. The molecule has 0 fully saturated rings. The van der Waals surface area contributed by atoms with E-state index in [1.165, 1.54) is 0 Å². The predicted octanol–water partition coefficient (Wildman–Crippen LogP) is 4.32. The molecule has 0 aliphatic carbocycles. The summed E-state index contributed by atoms with van der Waals surface area (Å²) in [4.78, 5) is 16.9. The second-order valence-electron chi connectivity index (χ2n) is 6.21. The summed E-state index contributed by atoms with van der Waals surface area (Å²) in [7, 11) is 1.62. The minimum absolute atomic E-state index is 0.0825. The Morgan fingerprint density at radius 2 is 1.93 bits per heavy atom. The molecule has 1 N–H and O–H groups in total. The lowest BCUT2D eigenvalue weighted by Crippen LogP contribution is -2.26. The van der Waals surface area contributed by atoms with Crippen LogP contribution in [0.25, 0.3) is 17.1 Å². The van der Waals surface area contributed by atoms with Crippen LogP contribution in [0.3, 0.4) is 0 Å². The molecule has 0 atom stereocenters. The lowest BCUT2D eigenvalue weighted by atomic mass is 10.2. The molecule has 0 saturated carbocycles. The predicted molar refractivity (Wildman–Crippen MR) is 110 cm³/mol. The smallest absolute Gasteiger partial charge is 0.290 e. The van der Waals surface area contributed by atoms with Gasteiger partial charge in [0.25, 0.3) is 5.91 Å². The number of amides is 1. The summed E-state index contributed by atoms with van der Waals surface area (Å²) in [6, 6.07) is 12.8. The van der Waals surface area contributed by atoms with Crippen molar-refractivity contribution in [3.63, 3.8) is 0 Å². The molecule has 1 amide bonds. The third kappa shape index (κ3) is 4.70. The second-order valence-corrected chi connectivity index (χ2v) is 7.06. The first-order chi connectivity index (χ1) is 13.5. The van der Waals surface area contributed by atoms with Crippen molar-refractivity contribution in [1.29, 1.82) is 0 Å². The first-order valence-electron chi connectivity index (χ1n) is 8.76. The van der Waals surface area contributed by atoms with Crippen molar-refractivity contribution in [2.75, 3.05) is 20.3 Å². The standard InChI is InChI=1S/C20H20Cl2N4O2/c1-13-4-9-16(12-17(13)22)26-19(14-5-7-15(21)8-6-14)24-18(25-26)20(27)23-10-3-11-28-2/h4-9,12H,3,10-11H2,1-2H3,(H,23,27). The highest BCUT2D eigenvalue weighted by molar-refractivity contribution is 6.31. The van der Waals surface area contributed by atoms with Crippen molar-refractivity contribution in [3.8, 4) is 17.1 Å². The SMILES string of the molecule is COCCCNC(=O)c1nc(-c2ccc(Cl)cc2)n(-c2ccc(C)c(Cl)c2)n1. The summed E-state index contributed by atoms with van der Waals surface area (Å²) in [5, 5.41) is 8.45. The highest BCUT2D eigenvalue weighted by Gasteiger charge is 2.19. The largest absolute Gasteiger partial charge is 0.385 e. The van der Waals surface area contributed by atoms with E-state index in [0.29, 0.717) is 41.1 Å². The molecule has 0 aliphatic rings. The summed E-state index contributed by atoms with van der Waals surface area (Å²) in [6.07, 6.45) is 0.709. The number of hydrogen-bond acceptors (Lipinski definition) is 4. The Kier molecular flexibility index (Phi) is 6.67. The van der Waals surface area contributed by atoms with E-state index in [2.05, 4.69) is 15.4 Å². The van der Waals surface area contributed by atoms with E-state index in [9.17, 15) is 4.79 Å². The highest BCUT2D eigenvalue weighted by atomic mass is 35.5. The van der Waals surface area contributed by atoms with Crippen LogP contribution >= 0.6 is 23.2 Å². The lowest BCUT2D eigenvalue weighted by molar-refractivity contribution is 0.0938. The van der Waals surface area contributed by atoms with Crippen LogP contribution in [-0.2, 0) is 4.74 Å². The minimum Gasteiger partial charge on any atom is -0.385 e. The van der Waals surface area contributed by atoms with Gasteiger partial charge in [0.2, 0.25) is 5.82 Å². The molecule has 0 aliphatic heterocycles. The molecule has 3 rings (SSSR count). The first kappa shape index (κ1) is 20.3. The Balaban J connectivity index is 1.98. The number of hydrogen-bond donors (Lipinski definition) is 1. The van der Waals surface area contributed by atoms with Crippen molar-refractivity contribution >= 4 is 29.1 Å². The Morgan fingerprint density at radius 3 is 2.61 bits per heavy atom. The van der Waals surface area contributed by atoms with Gasteiger partial charge in [0.05, 0.1) is 5.69 Å². The molecule has 146 valence electrons. The summed E-state index contributed by atoms with van der Waals surface area (Å²) in [5.74, 6) is 0.265. The molecule has 0 saturated heterocycles. The zero-order valence-electron chi connectivity index (χ0n) is 15.6. The van der Waals surface area contributed by atoms with Crippen molar-refractivity contribution in [3.05, 3.63) is 63.9 Å². The van der Waals surface area contributed by atoms with Gasteiger partial charge in [-0.3, -0.25) is 4.79 Å². The second kappa shape index (κ2) is 9.19. The fourth-order valence-corrected chi connectivity index (χ4v) is 2.89. The third-order valence-corrected chi connectivity index (χ3v) is 4.78. The Bertz CT molecular complexity index is 971. The van der Waals surface area contributed by atoms with Gasteiger partial charge in [0.15, 0.2) is 5.82 Å². The van der Waals surface area contributed by atoms with Crippen LogP contribution in [0.2, 0.25) is 10.0 Å². The van der Waals surface area contributed by atoms with Gasteiger partial charge < -0.3 is 10.1 Å². The molecule has 28 heavy (non-hydrogen) atoms. The number of rotatable bonds is 7. The van der Waals surface area contributed by atoms with Gasteiger partial charge in [0.1, 0.15) is 0 Å². The maximum atomic E-state index is 12.5. The van der Waals surface area contributed by atoms with E-state index in [1.807, 2.05) is 31.2 Å². The van der Waals surface area contributed by atoms with E-state index >= 15 is 0 Å². The average Bonchev–Trinajstić information content (AvgIpc) is 3.13. The molecule has 0 radical (unpaired) electrons. The number of aryl methyl sites for hydroxylation is 1. The summed E-state index contributed by atoms with van der Waals surface area (Å²) < 4.78 is 6.60. The molecule has 0 unspecified atom stereocenters. The van der Waals surface area contributed by atoms with E-state index in [0.717, 1.165) is 11.1 Å². The number of carbonyl (C=O) groups is 1. The van der Waals surface area contributed by atoms with Gasteiger partial charge in [-0.25, -0.2) is 9.67 Å². The van der Waals surface area contributed by atoms with Gasteiger partial charge in [0, 0.05) is 35.9 Å². The van der Waals surface area contributed by atoms with E-state index < -0.39 is 0 Å². The Morgan fingerprint density at radius 1 is 1.18 bits per heavy atom.